The Morgan fingerprint density at radius 2 is 1.76 bits per heavy atom. The van der Waals surface area contributed by atoms with E-state index in [1.54, 1.807) is 56.5 Å². The van der Waals surface area contributed by atoms with Crippen LogP contribution in [0, 0.1) is 0 Å². The summed E-state index contributed by atoms with van der Waals surface area (Å²) in [5, 5.41) is 3.13. The first kappa shape index (κ1) is 20.5. The Hall–Kier alpha value is -3.26. The molecule has 0 fully saturated rings. The average molecular weight is 412 g/mol. The lowest BCUT2D eigenvalue weighted by Crippen LogP contribution is -2.13. The summed E-state index contributed by atoms with van der Waals surface area (Å²) in [6.45, 7) is 2.05. The molecule has 0 aliphatic heterocycles. The molecule has 0 unspecified atom stereocenters. The molecule has 1 aromatic heterocycles. The number of ketones is 1. The Balaban J connectivity index is 1.59. The van der Waals surface area contributed by atoms with Crippen molar-refractivity contribution in [1.82, 2.24) is 4.98 Å². The minimum Gasteiger partial charge on any atom is -0.497 e. The molecular weight excluding hydrogens is 392 g/mol. The first-order chi connectivity index (χ1) is 14.0. The van der Waals surface area contributed by atoms with Crippen molar-refractivity contribution < 1.29 is 23.9 Å². The number of esters is 1. The van der Waals surface area contributed by atoms with Gasteiger partial charge in [-0.25, -0.2) is 9.78 Å². The summed E-state index contributed by atoms with van der Waals surface area (Å²) in [4.78, 5) is 40.6. The fourth-order valence-electron chi connectivity index (χ4n) is 2.65. The van der Waals surface area contributed by atoms with Crippen LogP contribution in [0.1, 0.15) is 40.5 Å². The maximum Gasteiger partial charge on any atom is 0.338 e. The van der Waals surface area contributed by atoms with Crippen LogP contribution in [0.4, 0.5) is 5.13 Å². The Labute approximate surface area is 171 Å². The van der Waals surface area contributed by atoms with E-state index in [0.29, 0.717) is 34.1 Å². The number of fused-ring (bicyclic) bond motifs is 1. The summed E-state index contributed by atoms with van der Waals surface area (Å²) >= 11 is 1.26. The highest BCUT2D eigenvalue weighted by Gasteiger charge is 2.13. The summed E-state index contributed by atoms with van der Waals surface area (Å²) in [5.74, 6) is -0.144. The van der Waals surface area contributed by atoms with Crippen molar-refractivity contribution >= 4 is 44.3 Å². The Bertz CT molecular complexity index is 1040. The number of carbonyl (C=O) groups excluding carboxylic acids is 3. The minimum absolute atomic E-state index is 0.0505. The monoisotopic (exact) mass is 412 g/mol. The number of thiazole rings is 1. The second-order valence-corrected chi connectivity index (χ2v) is 7.15. The van der Waals surface area contributed by atoms with E-state index in [1.807, 2.05) is 0 Å². The van der Waals surface area contributed by atoms with E-state index in [4.69, 9.17) is 9.47 Å². The Kier molecular flexibility index (Phi) is 6.56. The maximum absolute atomic E-state index is 12.2. The zero-order valence-electron chi connectivity index (χ0n) is 16.1. The lowest BCUT2D eigenvalue weighted by molar-refractivity contribution is -0.116. The molecule has 3 rings (SSSR count). The Morgan fingerprint density at radius 3 is 2.45 bits per heavy atom. The molecule has 0 radical (unpaired) electrons. The largest absolute Gasteiger partial charge is 0.497 e. The van der Waals surface area contributed by atoms with Gasteiger partial charge >= 0.3 is 5.97 Å². The molecule has 0 saturated heterocycles. The van der Waals surface area contributed by atoms with Crippen molar-refractivity contribution in [3.63, 3.8) is 0 Å². The van der Waals surface area contributed by atoms with Gasteiger partial charge in [-0.15, -0.1) is 0 Å². The van der Waals surface area contributed by atoms with Gasteiger partial charge in [0.15, 0.2) is 10.9 Å². The third kappa shape index (κ3) is 5.17. The van der Waals surface area contributed by atoms with E-state index < -0.39 is 5.97 Å². The number of benzene rings is 2. The number of carbonyl (C=O) groups is 3. The molecule has 3 aromatic rings. The van der Waals surface area contributed by atoms with Gasteiger partial charge in [0.05, 0.1) is 29.5 Å². The normalized spacial score (nSPS) is 10.6. The van der Waals surface area contributed by atoms with Gasteiger partial charge in [-0.05, 0) is 49.4 Å². The number of rotatable bonds is 8. The van der Waals surface area contributed by atoms with Crippen molar-refractivity contribution in [1.29, 1.82) is 0 Å². The number of nitrogens with one attached hydrogen (secondary N) is 1. The zero-order valence-corrected chi connectivity index (χ0v) is 16.9. The second-order valence-electron chi connectivity index (χ2n) is 6.12. The molecule has 0 aliphatic carbocycles. The summed E-state index contributed by atoms with van der Waals surface area (Å²) in [5.41, 5.74) is 1.64. The van der Waals surface area contributed by atoms with Crippen molar-refractivity contribution in [3.8, 4) is 5.75 Å². The number of methoxy groups -OCH3 is 1. The molecule has 29 heavy (non-hydrogen) atoms. The van der Waals surface area contributed by atoms with Gasteiger partial charge in [0.2, 0.25) is 5.91 Å². The van der Waals surface area contributed by atoms with Gasteiger partial charge in [-0.3, -0.25) is 9.59 Å². The third-order valence-corrected chi connectivity index (χ3v) is 5.07. The first-order valence-electron chi connectivity index (χ1n) is 9.05. The van der Waals surface area contributed by atoms with Crippen LogP contribution < -0.4 is 10.1 Å². The molecule has 1 N–H and O–H groups in total. The maximum atomic E-state index is 12.2. The number of nitrogens with zero attached hydrogens (tertiary/aromatic N) is 1. The van der Waals surface area contributed by atoms with Crippen LogP contribution in [0.25, 0.3) is 10.2 Å². The highest BCUT2D eigenvalue weighted by molar-refractivity contribution is 7.22. The van der Waals surface area contributed by atoms with Crippen LogP contribution >= 0.6 is 11.3 Å². The van der Waals surface area contributed by atoms with E-state index in [0.717, 1.165) is 4.70 Å². The molecule has 0 spiro atoms. The molecule has 7 nitrogen and oxygen atoms in total. The number of ether oxygens (including phenoxy) is 2. The Morgan fingerprint density at radius 1 is 1.03 bits per heavy atom. The summed E-state index contributed by atoms with van der Waals surface area (Å²) < 4.78 is 10.8. The predicted molar refractivity (Wildman–Crippen MR) is 111 cm³/mol. The van der Waals surface area contributed by atoms with Crippen molar-refractivity contribution in [2.75, 3.05) is 19.0 Å². The quantitative estimate of drug-likeness (QED) is 0.442. The molecule has 0 atom stereocenters. The summed E-state index contributed by atoms with van der Waals surface area (Å²) in [7, 11) is 1.56. The van der Waals surface area contributed by atoms with Gasteiger partial charge in [0.1, 0.15) is 5.75 Å². The molecule has 1 amide bonds. The summed E-state index contributed by atoms with van der Waals surface area (Å²) in [6.07, 6.45) is 0.144. The van der Waals surface area contributed by atoms with Gasteiger partial charge < -0.3 is 14.8 Å². The topological polar surface area (TPSA) is 94.6 Å². The van der Waals surface area contributed by atoms with Gasteiger partial charge in [0.25, 0.3) is 0 Å². The smallest absolute Gasteiger partial charge is 0.338 e. The lowest BCUT2D eigenvalue weighted by Gasteiger charge is -2.03. The lowest BCUT2D eigenvalue weighted by atomic mass is 10.1. The predicted octanol–water partition coefficient (Wildman–Crippen LogP) is 4.08. The standard InChI is InChI=1S/C21H20N2O5S/c1-3-28-20(26)14-6-9-16-18(12-14)29-21(22-16)23-19(25)11-10-17(24)13-4-7-15(27-2)8-5-13/h4-9,12H,3,10-11H2,1-2H3,(H,22,23,25). The van der Waals surface area contributed by atoms with E-state index in [2.05, 4.69) is 10.3 Å². The molecular formula is C21H20N2O5S. The number of Topliss-reactive ketones (excluding diaryl/α,β-unsaturated/α-hetero) is 1. The van der Waals surface area contributed by atoms with Crippen molar-refractivity contribution in [3.05, 3.63) is 53.6 Å². The van der Waals surface area contributed by atoms with Crippen LogP contribution in [0.2, 0.25) is 0 Å². The number of hydrogen-bond donors (Lipinski definition) is 1. The molecule has 0 aliphatic rings. The number of amides is 1. The molecule has 150 valence electrons. The van der Waals surface area contributed by atoms with E-state index >= 15 is 0 Å². The van der Waals surface area contributed by atoms with Gasteiger partial charge in [-0.1, -0.05) is 11.3 Å². The molecule has 1 heterocycles. The second kappa shape index (κ2) is 9.29. The van der Waals surface area contributed by atoms with Crippen LogP contribution in [0.3, 0.4) is 0 Å². The highest BCUT2D eigenvalue weighted by atomic mass is 32.1. The average Bonchev–Trinajstić information content (AvgIpc) is 3.13. The number of hydrogen-bond acceptors (Lipinski definition) is 7. The van der Waals surface area contributed by atoms with Crippen LogP contribution in [-0.2, 0) is 9.53 Å². The van der Waals surface area contributed by atoms with E-state index in [1.165, 1.54) is 11.3 Å². The molecule has 2 aromatic carbocycles. The first-order valence-corrected chi connectivity index (χ1v) is 9.86. The van der Waals surface area contributed by atoms with Crippen LogP contribution in [0.15, 0.2) is 42.5 Å². The number of anilines is 1. The van der Waals surface area contributed by atoms with Crippen molar-refractivity contribution in [2.45, 2.75) is 19.8 Å². The zero-order chi connectivity index (χ0) is 20.8. The fraction of sp³-hybridized carbons (Fsp3) is 0.238. The van der Waals surface area contributed by atoms with E-state index in [-0.39, 0.29) is 24.5 Å². The minimum atomic E-state index is -0.398. The van der Waals surface area contributed by atoms with E-state index in [9.17, 15) is 14.4 Å². The summed E-state index contributed by atoms with van der Waals surface area (Å²) in [6, 6.07) is 11.8. The third-order valence-electron chi connectivity index (χ3n) is 4.14. The molecule has 0 saturated carbocycles. The highest BCUT2D eigenvalue weighted by Crippen LogP contribution is 2.27. The molecule has 0 bridgehead atoms. The van der Waals surface area contributed by atoms with Crippen LogP contribution in [-0.4, -0.2) is 36.4 Å². The number of aromatic nitrogens is 1. The van der Waals surface area contributed by atoms with Gasteiger partial charge in [0, 0.05) is 18.4 Å². The molecule has 8 heteroatoms. The van der Waals surface area contributed by atoms with Gasteiger partial charge in [-0.2, -0.15) is 0 Å². The fourth-order valence-corrected chi connectivity index (χ4v) is 3.57. The van der Waals surface area contributed by atoms with Crippen molar-refractivity contribution in [2.24, 2.45) is 0 Å². The van der Waals surface area contributed by atoms with Crippen LogP contribution in [0.5, 0.6) is 5.75 Å². The SMILES string of the molecule is CCOC(=O)c1ccc2nc(NC(=O)CCC(=O)c3ccc(OC)cc3)sc2c1.